The molecule has 1 aromatic carbocycles. The molecule has 2 fully saturated rings. The number of nitrogens with zero attached hydrogens (tertiary/aromatic N) is 2. The van der Waals surface area contributed by atoms with Gasteiger partial charge in [-0.3, -0.25) is 14.5 Å². The van der Waals surface area contributed by atoms with E-state index in [0.717, 1.165) is 17.7 Å². The summed E-state index contributed by atoms with van der Waals surface area (Å²) in [6, 6.07) is 5.36. The molecule has 0 atom stereocenters. The summed E-state index contributed by atoms with van der Waals surface area (Å²) in [7, 11) is -3.66. The molecule has 0 aromatic heterocycles. The van der Waals surface area contributed by atoms with Gasteiger partial charge in [-0.25, -0.2) is 13.2 Å². The van der Waals surface area contributed by atoms with Crippen LogP contribution < -0.4 is 10.6 Å². The number of imide groups is 1. The van der Waals surface area contributed by atoms with Crippen LogP contribution in [0.1, 0.15) is 39.5 Å². The van der Waals surface area contributed by atoms with E-state index in [2.05, 4.69) is 10.6 Å². The minimum absolute atomic E-state index is 0.0684. The highest BCUT2D eigenvalue weighted by Gasteiger charge is 2.52. The van der Waals surface area contributed by atoms with Crippen LogP contribution in [0.3, 0.4) is 0 Å². The first-order valence-corrected chi connectivity index (χ1v) is 11.2. The van der Waals surface area contributed by atoms with Gasteiger partial charge in [0.25, 0.3) is 5.91 Å². The lowest BCUT2D eigenvalue weighted by atomic mass is 9.98. The summed E-state index contributed by atoms with van der Waals surface area (Å²) in [6.07, 6.45) is 2.89. The third kappa shape index (κ3) is 3.99. The fourth-order valence-electron chi connectivity index (χ4n) is 3.93. The summed E-state index contributed by atoms with van der Waals surface area (Å²) < 4.78 is 26.6. The molecule has 0 radical (unpaired) electrons. The van der Waals surface area contributed by atoms with E-state index >= 15 is 0 Å². The second-order valence-electron chi connectivity index (χ2n) is 7.28. The van der Waals surface area contributed by atoms with Crippen LogP contribution in [0.5, 0.6) is 0 Å². The number of rotatable bonds is 7. The summed E-state index contributed by atoms with van der Waals surface area (Å²) in [4.78, 5) is 38.2. The second-order valence-corrected chi connectivity index (χ2v) is 9.21. The smallest absolute Gasteiger partial charge is 0.324 e. The molecule has 1 spiro atoms. The number of sulfonamides is 1. The highest BCUT2D eigenvalue weighted by Crippen LogP contribution is 2.34. The Hall–Kier alpha value is -2.46. The molecule has 9 nitrogen and oxygen atoms in total. The molecule has 4 amide bonds. The Morgan fingerprint density at radius 3 is 2.48 bits per heavy atom. The van der Waals surface area contributed by atoms with Gasteiger partial charge in [0, 0.05) is 18.8 Å². The maximum Gasteiger partial charge on any atom is 0.325 e. The van der Waals surface area contributed by atoms with Crippen molar-refractivity contribution < 1.29 is 22.8 Å². The number of carbonyl (C=O) groups is 3. The molecule has 1 aromatic rings. The molecule has 3 rings (SSSR count). The molecule has 2 aliphatic rings. The van der Waals surface area contributed by atoms with Crippen molar-refractivity contribution in [3.05, 3.63) is 24.3 Å². The summed E-state index contributed by atoms with van der Waals surface area (Å²) >= 11 is 0. The van der Waals surface area contributed by atoms with Crippen LogP contribution in [0.15, 0.2) is 29.2 Å². The Balaban J connectivity index is 1.70. The van der Waals surface area contributed by atoms with E-state index in [-0.39, 0.29) is 16.5 Å². The molecule has 2 N–H and O–H groups in total. The van der Waals surface area contributed by atoms with Gasteiger partial charge >= 0.3 is 6.03 Å². The number of carbonyl (C=O) groups excluding carboxylic acids is 3. The Kier molecular flexibility index (Phi) is 5.95. The van der Waals surface area contributed by atoms with E-state index in [0.29, 0.717) is 25.9 Å². The third-order valence-corrected chi connectivity index (χ3v) is 7.51. The average molecular weight is 423 g/mol. The zero-order valence-electron chi connectivity index (χ0n) is 16.6. The Morgan fingerprint density at radius 1 is 1.21 bits per heavy atom. The van der Waals surface area contributed by atoms with Crippen molar-refractivity contribution in [1.82, 2.24) is 14.5 Å². The lowest BCUT2D eigenvalue weighted by Gasteiger charge is -2.20. The van der Waals surface area contributed by atoms with Crippen molar-refractivity contribution in [3.63, 3.8) is 0 Å². The minimum atomic E-state index is -3.66. The summed E-state index contributed by atoms with van der Waals surface area (Å²) in [5.41, 5.74) is -0.583. The highest BCUT2D eigenvalue weighted by atomic mass is 32.2. The summed E-state index contributed by atoms with van der Waals surface area (Å²) in [5.74, 6) is -0.936. The molecule has 1 aliphatic carbocycles. The van der Waals surface area contributed by atoms with Gasteiger partial charge in [0.05, 0.1) is 4.90 Å². The van der Waals surface area contributed by atoms with E-state index in [1.54, 1.807) is 19.9 Å². The molecule has 29 heavy (non-hydrogen) atoms. The Labute approximate surface area is 170 Å². The van der Waals surface area contributed by atoms with Crippen LogP contribution in [0.2, 0.25) is 0 Å². The van der Waals surface area contributed by atoms with Crippen LogP contribution in [0.25, 0.3) is 0 Å². The lowest BCUT2D eigenvalue weighted by molar-refractivity contribution is -0.133. The van der Waals surface area contributed by atoms with Crippen LogP contribution in [-0.2, 0) is 19.6 Å². The van der Waals surface area contributed by atoms with E-state index in [9.17, 15) is 22.8 Å². The predicted molar refractivity (Wildman–Crippen MR) is 107 cm³/mol. The van der Waals surface area contributed by atoms with Gasteiger partial charge in [-0.2, -0.15) is 4.31 Å². The molecule has 0 bridgehead atoms. The number of benzene rings is 1. The van der Waals surface area contributed by atoms with Crippen molar-refractivity contribution in [2.45, 2.75) is 50.0 Å². The normalized spacial score (nSPS) is 18.5. The number of nitrogens with one attached hydrogen (secondary N) is 2. The summed E-state index contributed by atoms with van der Waals surface area (Å²) in [5, 5.41) is 5.31. The first kappa shape index (κ1) is 21.3. The topological polar surface area (TPSA) is 116 Å². The zero-order valence-corrected chi connectivity index (χ0v) is 17.4. The predicted octanol–water partition coefficient (Wildman–Crippen LogP) is 1.52. The Bertz CT molecular complexity index is 920. The lowest BCUT2D eigenvalue weighted by Crippen LogP contribution is -2.44. The molecule has 1 saturated heterocycles. The van der Waals surface area contributed by atoms with Gasteiger partial charge in [-0.1, -0.05) is 32.8 Å². The number of hydrogen-bond acceptors (Lipinski definition) is 5. The first-order valence-electron chi connectivity index (χ1n) is 9.77. The minimum Gasteiger partial charge on any atom is -0.324 e. The first-order chi connectivity index (χ1) is 13.7. The van der Waals surface area contributed by atoms with Crippen molar-refractivity contribution >= 4 is 33.6 Å². The Morgan fingerprint density at radius 2 is 1.86 bits per heavy atom. The number of urea groups is 1. The highest BCUT2D eigenvalue weighted by molar-refractivity contribution is 7.89. The van der Waals surface area contributed by atoms with Gasteiger partial charge in [-0.05, 0) is 31.0 Å². The molecule has 1 aliphatic heterocycles. The van der Waals surface area contributed by atoms with Crippen molar-refractivity contribution in [3.8, 4) is 0 Å². The van der Waals surface area contributed by atoms with Gasteiger partial charge < -0.3 is 10.6 Å². The van der Waals surface area contributed by atoms with Gasteiger partial charge in [0.2, 0.25) is 15.9 Å². The van der Waals surface area contributed by atoms with Gasteiger partial charge in [-0.15, -0.1) is 0 Å². The van der Waals surface area contributed by atoms with Crippen LogP contribution in [0.4, 0.5) is 10.5 Å². The van der Waals surface area contributed by atoms with Crippen molar-refractivity contribution in [2.24, 2.45) is 0 Å². The fourth-order valence-corrected chi connectivity index (χ4v) is 5.43. The fraction of sp³-hybridized carbons (Fsp3) is 0.526. The molecular formula is C19H26N4O5S. The number of anilines is 1. The van der Waals surface area contributed by atoms with E-state index < -0.39 is 34.0 Å². The average Bonchev–Trinajstić information content (AvgIpc) is 3.23. The van der Waals surface area contributed by atoms with Gasteiger partial charge in [0.1, 0.15) is 12.1 Å². The molecule has 10 heteroatoms. The third-order valence-electron chi connectivity index (χ3n) is 5.47. The van der Waals surface area contributed by atoms with Crippen molar-refractivity contribution in [2.75, 3.05) is 25.0 Å². The SMILES string of the molecule is CCN(CC)S(=O)(=O)c1cccc(NC(=O)CN2C(=O)NC3(CCCC3)C2=O)c1. The standard InChI is InChI=1S/C19H26N4O5S/c1-3-22(4-2)29(27,28)15-9-7-8-14(12-15)20-16(24)13-23-17(25)19(21-18(23)26)10-5-6-11-19/h7-9,12H,3-6,10-11,13H2,1-2H3,(H,20,24)(H,21,26). The number of hydrogen-bond donors (Lipinski definition) is 2. The van der Waals surface area contributed by atoms with Crippen molar-refractivity contribution in [1.29, 1.82) is 0 Å². The monoisotopic (exact) mass is 422 g/mol. The number of amides is 4. The zero-order chi connectivity index (χ0) is 21.2. The summed E-state index contributed by atoms with van der Waals surface area (Å²) in [6.45, 7) is 3.76. The molecule has 1 saturated carbocycles. The van der Waals surface area contributed by atoms with E-state index in [1.807, 2.05) is 0 Å². The maximum atomic E-state index is 12.6. The van der Waals surface area contributed by atoms with Crippen LogP contribution in [0, 0.1) is 0 Å². The van der Waals surface area contributed by atoms with Crippen LogP contribution >= 0.6 is 0 Å². The van der Waals surface area contributed by atoms with E-state index in [1.165, 1.54) is 22.5 Å². The molecule has 1 heterocycles. The molecule has 158 valence electrons. The second kappa shape index (κ2) is 8.11. The molecular weight excluding hydrogens is 396 g/mol. The van der Waals surface area contributed by atoms with E-state index in [4.69, 9.17) is 0 Å². The maximum absolute atomic E-state index is 12.6. The molecule has 0 unspecified atom stereocenters. The van der Waals surface area contributed by atoms with Gasteiger partial charge in [0.15, 0.2) is 0 Å². The van der Waals surface area contributed by atoms with Crippen LogP contribution in [-0.4, -0.2) is 60.6 Å². The largest absolute Gasteiger partial charge is 0.325 e. The quantitative estimate of drug-likeness (QED) is 0.647.